The van der Waals surface area contributed by atoms with Crippen LogP contribution in [0.5, 0.6) is 0 Å². The molecular formula is C12H16BrNOS. The average Bonchev–Trinajstić information content (AvgIpc) is 2.31. The Balaban J connectivity index is 1.91. The van der Waals surface area contributed by atoms with Crippen LogP contribution in [0, 0.1) is 0 Å². The molecule has 0 saturated carbocycles. The number of aliphatic hydroxyl groups is 1. The van der Waals surface area contributed by atoms with Crippen LogP contribution in [-0.2, 0) is 0 Å². The molecule has 0 bridgehead atoms. The second kappa shape index (κ2) is 6.05. The highest BCUT2D eigenvalue weighted by Gasteiger charge is 2.15. The number of hydrogen-bond acceptors (Lipinski definition) is 3. The molecule has 4 heteroatoms. The van der Waals surface area contributed by atoms with Crippen molar-refractivity contribution in [3.05, 3.63) is 34.3 Å². The molecule has 2 nitrogen and oxygen atoms in total. The summed E-state index contributed by atoms with van der Waals surface area (Å²) >= 11 is 5.39. The average molecular weight is 302 g/mol. The lowest BCUT2D eigenvalue weighted by Gasteiger charge is -2.28. The third-order valence-electron chi connectivity index (χ3n) is 2.79. The molecular weight excluding hydrogens is 286 g/mol. The van der Waals surface area contributed by atoms with E-state index < -0.39 is 0 Å². The smallest absolute Gasteiger partial charge is 0.0916 e. The quantitative estimate of drug-likeness (QED) is 0.928. The number of thioether (sulfide) groups is 1. The van der Waals surface area contributed by atoms with Crippen molar-refractivity contribution >= 4 is 27.7 Å². The van der Waals surface area contributed by atoms with Gasteiger partial charge in [-0.1, -0.05) is 28.1 Å². The first kappa shape index (κ1) is 12.4. The van der Waals surface area contributed by atoms with Crippen molar-refractivity contribution in [1.82, 2.24) is 4.90 Å². The first-order valence-electron chi connectivity index (χ1n) is 5.49. The highest BCUT2D eigenvalue weighted by Crippen LogP contribution is 2.19. The van der Waals surface area contributed by atoms with Crippen LogP contribution in [0.4, 0.5) is 0 Å². The molecule has 1 aromatic carbocycles. The minimum Gasteiger partial charge on any atom is -0.387 e. The summed E-state index contributed by atoms with van der Waals surface area (Å²) in [4.78, 5) is 2.34. The van der Waals surface area contributed by atoms with E-state index in [4.69, 9.17) is 0 Å². The monoisotopic (exact) mass is 301 g/mol. The maximum Gasteiger partial charge on any atom is 0.0916 e. The Labute approximate surface area is 109 Å². The predicted octanol–water partition coefficient (Wildman–Crippen LogP) is 2.53. The molecule has 1 aliphatic rings. The fourth-order valence-electron chi connectivity index (χ4n) is 1.82. The summed E-state index contributed by atoms with van der Waals surface area (Å²) in [5.74, 6) is 2.38. The van der Waals surface area contributed by atoms with Gasteiger partial charge in [-0.2, -0.15) is 11.8 Å². The lowest BCUT2D eigenvalue weighted by molar-refractivity contribution is 0.119. The van der Waals surface area contributed by atoms with Gasteiger partial charge in [-0.25, -0.2) is 0 Å². The molecule has 88 valence electrons. The van der Waals surface area contributed by atoms with Gasteiger partial charge in [0.15, 0.2) is 0 Å². The Kier molecular flexibility index (Phi) is 4.70. The third kappa shape index (κ3) is 3.48. The van der Waals surface area contributed by atoms with Gasteiger partial charge in [0.25, 0.3) is 0 Å². The maximum atomic E-state index is 10.1. The van der Waals surface area contributed by atoms with Crippen molar-refractivity contribution in [3.8, 4) is 0 Å². The molecule has 1 aromatic rings. The zero-order valence-corrected chi connectivity index (χ0v) is 11.5. The van der Waals surface area contributed by atoms with Crippen LogP contribution in [-0.4, -0.2) is 41.1 Å². The topological polar surface area (TPSA) is 23.5 Å². The molecule has 1 heterocycles. The Bertz CT molecular complexity index is 324. The molecule has 0 aromatic heterocycles. The van der Waals surface area contributed by atoms with Crippen LogP contribution in [0.2, 0.25) is 0 Å². The molecule has 16 heavy (non-hydrogen) atoms. The molecule has 0 aliphatic carbocycles. The van der Waals surface area contributed by atoms with Crippen molar-refractivity contribution in [2.75, 3.05) is 31.1 Å². The van der Waals surface area contributed by atoms with Crippen molar-refractivity contribution < 1.29 is 5.11 Å². The van der Waals surface area contributed by atoms with E-state index in [2.05, 4.69) is 20.8 Å². The summed E-state index contributed by atoms with van der Waals surface area (Å²) in [6.45, 7) is 2.94. The van der Waals surface area contributed by atoms with Crippen molar-refractivity contribution in [2.45, 2.75) is 6.10 Å². The molecule has 1 N–H and O–H groups in total. The highest BCUT2D eigenvalue weighted by molar-refractivity contribution is 9.10. The van der Waals surface area contributed by atoms with E-state index in [0.717, 1.165) is 29.7 Å². The number of hydrogen-bond donors (Lipinski definition) is 1. The molecule has 1 unspecified atom stereocenters. The van der Waals surface area contributed by atoms with Crippen LogP contribution >= 0.6 is 27.7 Å². The molecule has 0 radical (unpaired) electrons. The largest absolute Gasteiger partial charge is 0.387 e. The predicted molar refractivity (Wildman–Crippen MR) is 72.9 cm³/mol. The lowest BCUT2D eigenvalue weighted by atomic mass is 10.1. The molecule has 1 aliphatic heterocycles. The molecule has 0 spiro atoms. The van der Waals surface area contributed by atoms with E-state index in [-0.39, 0.29) is 6.10 Å². The number of halogens is 1. The molecule has 0 amide bonds. The second-order valence-electron chi connectivity index (χ2n) is 3.98. The number of benzene rings is 1. The van der Waals surface area contributed by atoms with Crippen LogP contribution in [0.3, 0.4) is 0 Å². The Morgan fingerprint density at radius 2 is 1.88 bits per heavy atom. The minimum atomic E-state index is -0.365. The number of β-amino-alcohol motifs (C(OH)–C–C–N with tert-alkyl or cyclic N) is 1. The minimum absolute atomic E-state index is 0.365. The standard InChI is InChI=1S/C12H16BrNOS/c13-11-3-1-10(2-4-11)12(15)9-14-5-7-16-8-6-14/h1-4,12,15H,5-9H2. The van der Waals surface area contributed by atoms with Gasteiger partial charge in [0.1, 0.15) is 0 Å². The SMILES string of the molecule is OC(CN1CCSCC1)c1ccc(Br)cc1. The number of aliphatic hydroxyl groups excluding tert-OH is 1. The van der Waals surface area contributed by atoms with Crippen LogP contribution in [0.1, 0.15) is 11.7 Å². The summed E-state index contributed by atoms with van der Waals surface area (Å²) in [7, 11) is 0. The van der Waals surface area contributed by atoms with E-state index in [1.165, 1.54) is 11.5 Å². The van der Waals surface area contributed by atoms with Gasteiger partial charge in [0, 0.05) is 35.6 Å². The molecule has 2 rings (SSSR count). The normalized spacial score (nSPS) is 19.6. The highest BCUT2D eigenvalue weighted by atomic mass is 79.9. The fourth-order valence-corrected chi connectivity index (χ4v) is 3.06. The van der Waals surface area contributed by atoms with Gasteiger partial charge in [-0.3, -0.25) is 4.90 Å². The van der Waals surface area contributed by atoms with Crippen molar-refractivity contribution in [3.63, 3.8) is 0 Å². The molecule has 1 saturated heterocycles. The second-order valence-corrected chi connectivity index (χ2v) is 6.12. The molecule has 1 atom stereocenters. The first-order valence-corrected chi connectivity index (χ1v) is 7.44. The maximum absolute atomic E-state index is 10.1. The Morgan fingerprint density at radius 1 is 1.25 bits per heavy atom. The first-order chi connectivity index (χ1) is 7.75. The van der Waals surface area contributed by atoms with E-state index in [1.54, 1.807) is 0 Å². The van der Waals surface area contributed by atoms with Crippen LogP contribution < -0.4 is 0 Å². The summed E-state index contributed by atoms with van der Waals surface area (Å²) in [6, 6.07) is 7.91. The van der Waals surface area contributed by atoms with Crippen molar-refractivity contribution in [1.29, 1.82) is 0 Å². The summed E-state index contributed by atoms with van der Waals surface area (Å²) in [5, 5.41) is 10.1. The Morgan fingerprint density at radius 3 is 2.50 bits per heavy atom. The summed E-state index contributed by atoms with van der Waals surface area (Å²) in [5.41, 5.74) is 1.00. The number of rotatable bonds is 3. The third-order valence-corrected chi connectivity index (χ3v) is 4.26. The van der Waals surface area contributed by atoms with Crippen molar-refractivity contribution in [2.24, 2.45) is 0 Å². The van der Waals surface area contributed by atoms with Gasteiger partial charge in [-0.05, 0) is 17.7 Å². The van der Waals surface area contributed by atoms with Crippen LogP contribution in [0.15, 0.2) is 28.7 Å². The summed E-state index contributed by atoms with van der Waals surface area (Å²) < 4.78 is 1.05. The zero-order valence-electron chi connectivity index (χ0n) is 9.10. The zero-order chi connectivity index (χ0) is 11.4. The Hall–Kier alpha value is -0.0300. The fraction of sp³-hybridized carbons (Fsp3) is 0.500. The number of nitrogens with zero attached hydrogens (tertiary/aromatic N) is 1. The van der Waals surface area contributed by atoms with Gasteiger partial charge in [0.2, 0.25) is 0 Å². The van der Waals surface area contributed by atoms with E-state index in [0.29, 0.717) is 0 Å². The van der Waals surface area contributed by atoms with Gasteiger partial charge in [-0.15, -0.1) is 0 Å². The van der Waals surface area contributed by atoms with E-state index in [1.807, 2.05) is 36.0 Å². The van der Waals surface area contributed by atoms with E-state index in [9.17, 15) is 5.11 Å². The van der Waals surface area contributed by atoms with Crippen LogP contribution in [0.25, 0.3) is 0 Å². The van der Waals surface area contributed by atoms with Gasteiger partial charge in [0.05, 0.1) is 6.10 Å². The lowest BCUT2D eigenvalue weighted by Crippen LogP contribution is -2.35. The molecule has 1 fully saturated rings. The van der Waals surface area contributed by atoms with E-state index >= 15 is 0 Å². The van der Waals surface area contributed by atoms with Gasteiger partial charge >= 0.3 is 0 Å². The summed E-state index contributed by atoms with van der Waals surface area (Å²) in [6.07, 6.45) is -0.365. The van der Waals surface area contributed by atoms with Gasteiger partial charge < -0.3 is 5.11 Å².